The van der Waals surface area contributed by atoms with Crippen molar-refractivity contribution >= 4 is 29.8 Å². The summed E-state index contributed by atoms with van der Waals surface area (Å²) < 4.78 is 790. The molecule has 5 atom stereocenters. The lowest BCUT2D eigenvalue weighted by Crippen LogP contribution is -2.45. The number of hydrogen-bond donors (Lipinski definition) is 5. The Hall–Kier alpha value is -9.15. The molecule has 10 rings (SSSR count). The summed E-state index contributed by atoms with van der Waals surface area (Å²) in [5.74, 6) is -10.9. The SMILES string of the molecule is [2H]C([2H])([2H])CN(CC([2H])([2H])[2H])C([2H])([2H])C#CC([2H])([2H])OC(=O)C(O)(c1ccccc1)C1([2H])C([2H])([2H])C([2H])([2H])C([2H])([2H])C([2H])([2H])C1([2H])[2H].[2H]C([2H])([2H])CN(CC([2H])([2H])[2H])C([2H])([2H])C#CC([2H])([2H])OC(=O)C(O)(c1ccccc1)C1CCCCC1.[2H]c1c([2H])c([2H])c(C(O)(C(=O)OC([2H])([2H])C#CC([2H])([2H])N(C([2H])([2H])C)C([2H])([2H])C)C2([2H])C([2H])([2H])C([2H])([2H])C([2H])([2H])C([2H])([2H])C2([2H])[2H])c([2H])c1[2H].[2H]c1c([2H])c([2H])c(C(O)(C(=O)OC([2H])([2H])C#CC([2H])([2H])N(CC([2H])([2H])[2H])CC([2H])([2H])[2H])C2([2H])C([2H])([2H])C([2H])([2H])C([2H])([2H])C([2H])([2H])C2([2H])[2H])c([2H])c1[2H].[2H]c1c([2H])c([2H])c(C(O)(C(=O)OC([2H])([2H])C#CC([2H])([2H])N(CC([2H])([2H])[2H])CC([2H])([2H])[2H])C2CCCCC2)c([2H])c1[2H]. The van der Waals surface area contributed by atoms with E-state index in [-0.39, 0.29) is 33.1 Å². The zero-order valence-electron chi connectivity index (χ0n) is 165. The van der Waals surface area contributed by atoms with Gasteiger partial charge in [-0.2, -0.15) is 0 Å². The zero-order valence-corrected chi connectivity index (χ0v) is 69.2. The first-order valence-electron chi connectivity index (χ1n) is 86.1. The Labute approximate surface area is 915 Å². The fourth-order valence-corrected chi connectivity index (χ4v) is 11.2. The Bertz CT molecular complexity index is 8930. The molecule has 0 aliphatic heterocycles. The van der Waals surface area contributed by atoms with Crippen LogP contribution in [0.4, 0.5) is 0 Å². The lowest BCUT2D eigenvalue weighted by Gasteiger charge is -2.36. The van der Waals surface area contributed by atoms with Crippen LogP contribution in [0.3, 0.4) is 0 Å². The molecule has 5 unspecified atom stereocenters. The maximum absolute atomic E-state index is 14.0. The summed E-state index contributed by atoms with van der Waals surface area (Å²) in [5.41, 5.74) is -24.5. The van der Waals surface area contributed by atoms with Gasteiger partial charge in [0.2, 0.25) is 0 Å². The van der Waals surface area contributed by atoms with Crippen molar-refractivity contribution < 1.29 is 205 Å². The number of ether oxygens (including phenoxy) is 5. The summed E-state index contributed by atoms with van der Waals surface area (Å²) in [4.78, 5) is 69.5. The lowest BCUT2D eigenvalue weighted by molar-refractivity contribution is -0.174. The average Bonchev–Trinajstić information content (AvgIpc) is 0.648. The fraction of sp³-hybridized carbons (Fsp3) is 0.591. The van der Waals surface area contributed by atoms with Crippen LogP contribution in [0.15, 0.2) is 151 Å². The summed E-state index contributed by atoms with van der Waals surface area (Å²) in [6.07, 6.45) is -60.2. The van der Waals surface area contributed by atoms with Crippen molar-refractivity contribution in [1.29, 1.82) is 0 Å². The number of nitrogens with zero attached hydrogens (tertiary/aromatic N) is 5. The van der Waals surface area contributed by atoms with Gasteiger partial charge in [-0.3, -0.25) is 24.5 Å². The predicted molar refractivity (Wildman–Crippen MR) is 517 cm³/mol. The van der Waals surface area contributed by atoms with E-state index in [2.05, 4.69) is 14.2 Å². The molecule has 130 heavy (non-hydrogen) atoms. The van der Waals surface area contributed by atoms with Crippen LogP contribution in [0.2, 0.25) is 0 Å². The first-order chi connectivity index (χ1) is 99.5. The van der Waals surface area contributed by atoms with Crippen LogP contribution in [0.5, 0.6) is 0 Å². The number of benzene rings is 5. The average molecular weight is 1880 g/mol. The molecule has 5 aliphatic carbocycles. The number of hydrogen-bond acceptors (Lipinski definition) is 20. The van der Waals surface area contributed by atoms with E-state index < -0.39 is 481 Å². The Morgan fingerprint density at radius 1 is 0.331 bits per heavy atom. The van der Waals surface area contributed by atoms with Crippen molar-refractivity contribution in [2.24, 2.45) is 29.5 Å². The van der Waals surface area contributed by atoms with Gasteiger partial charge < -0.3 is 49.2 Å². The van der Waals surface area contributed by atoms with Crippen molar-refractivity contribution in [3.05, 3.63) is 179 Å². The second-order valence-electron chi connectivity index (χ2n) is 25.5. The van der Waals surface area contributed by atoms with Crippen LogP contribution in [-0.4, -0.2) is 211 Å². The minimum absolute atomic E-state index is 0.108. The molecule has 0 amide bonds. The van der Waals surface area contributed by atoms with E-state index in [1.54, 1.807) is 36.0 Å². The molecular weight excluding hydrogens is 1630 g/mol. The number of aliphatic hydroxyl groups is 5. The van der Waals surface area contributed by atoms with Gasteiger partial charge in [-0.15, -0.1) is 0 Å². The quantitative estimate of drug-likeness (QED) is 0.0144. The van der Waals surface area contributed by atoms with Gasteiger partial charge >= 0.3 is 29.8 Å². The molecule has 5 saturated carbocycles. The monoisotopic (exact) mass is 1880 g/mol. The van der Waals surface area contributed by atoms with E-state index >= 15 is 0 Å². The highest BCUT2D eigenvalue weighted by Gasteiger charge is 2.52. The Morgan fingerprint density at radius 3 is 0.808 bits per heavy atom. The minimum atomic E-state index is -4.94. The van der Waals surface area contributed by atoms with Crippen LogP contribution in [-0.2, 0) is 75.7 Å². The van der Waals surface area contributed by atoms with Gasteiger partial charge in [-0.1, -0.05) is 375 Å². The molecule has 5 aliphatic rings. The second-order valence-corrected chi connectivity index (χ2v) is 25.5. The molecule has 5 fully saturated rings. The summed E-state index contributed by atoms with van der Waals surface area (Å²) in [5, 5.41) is 59.6. The second kappa shape index (κ2) is 61.5. The topological polar surface area (TPSA) is 249 Å². The maximum atomic E-state index is 14.0. The largest absolute Gasteiger partial charge is 0.450 e. The Kier molecular flexibility index (Phi) is 16.7. The normalized spacial score (nSPS) is 36.7. The number of carbonyl (C=O) groups excluding carboxylic acids is 5. The predicted octanol–water partition coefficient (Wildman–Crippen LogP) is 16.7. The molecule has 0 heterocycles. The molecule has 5 aromatic carbocycles. The van der Waals surface area contributed by atoms with Gasteiger partial charge in [0.15, 0.2) is 60.8 Å². The van der Waals surface area contributed by atoms with Crippen molar-refractivity contribution in [1.82, 2.24) is 24.5 Å². The van der Waals surface area contributed by atoms with Crippen molar-refractivity contribution in [3.63, 3.8) is 0 Å². The van der Waals surface area contributed by atoms with E-state index in [1.165, 1.54) is 47.8 Å². The first kappa shape index (κ1) is 35.3. The Balaban J connectivity index is 0.000000424. The summed E-state index contributed by atoms with van der Waals surface area (Å²) >= 11 is 0. The molecule has 710 valence electrons. The van der Waals surface area contributed by atoms with E-state index in [4.69, 9.17) is 141 Å². The standard InChI is InChI=1S/5C22H31NO3/c5*1-3-23(4-2)17-11-12-18-26-21(24)22(25,19-13-7-5-8-14-19)20-15-9-6-10-16-20/h5*5,7-8,13-14,20,25H,3-4,6,9-10,15-18H2,1-2H3/i3D2,4D2,5D,6D2,7D,8D,9D2,10D2,13D,14D,15D2,16D2,17D2,18D2,20D;1D3,2D3,5D,6D2,7D,8D,9D2,10D2,13D,14D,15D2,16D2,17D2,18D2,20D;1D3,2D3,6D2,9D2,10D2,15D2,16D2,17D2,18D2,20D;1D3,2D3,5D,7D,8D,13D,14D,17D2,18D2;1D3,2D3,17D2,18D2. The van der Waals surface area contributed by atoms with Gasteiger partial charge in [-0.05, 0) is 157 Å². The van der Waals surface area contributed by atoms with Crippen LogP contribution in [0, 0.1) is 88.7 Å². The number of esters is 5. The third kappa shape index (κ3) is 33.8. The van der Waals surface area contributed by atoms with Crippen molar-refractivity contribution in [3.8, 4) is 59.2 Å². The molecule has 20 nitrogen and oxygen atoms in total. The fourth-order valence-electron chi connectivity index (χ4n) is 11.2. The smallest absolute Gasteiger partial charge is 0.344 e. The molecule has 0 radical (unpaired) electrons. The lowest BCUT2D eigenvalue weighted by atomic mass is 9.73. The molecule has 5 N–H and O–H groups in total. The summed E-state index contributed by atoms with van der Waals surface area (Å²) in [7, 11) is 0. The first-order valence-corrected chi connectivity index (χ1v) is 38.1. The minimum Gasteiger partial charge on any atom is -0.450 e. The number of rotatable bonds is 35. The summed E-state index contributed by atoms with van der Waals surface area (Å²) in [6.45, 7) is -70.3. The van der Waals surface area contributed by atoms with Gasteiger partial charge in [0.05, 0.1) is 80.5 Å². The molecule has 0 aromatic heterocycles. The third-order valence-corrected chi connectivity index (χ3v) is 17.8. The zero-order chi connectivity index (χ0) is 178. The molecule has 0 bridgehead atoms. The van der Waals surface area contributed by atoms with Crippen LogP contribution >= 0.6 is 0 Å². The van der Waals surface area contributed by atoms with Crippen LogP contribution in [0.25, 0.3) is 0 Å². The van der Waals surface area contributed by atoms with Gasteiger partial charge in [0, 0.05) is 113 Å². The van der Waals surface area contributed by atoms with Crippen molar-refractivity contribution in [2.75, 3.05) is 131 Å². The van der Waals surface area contributed by atoms with E-state index in [0.717, 1.165) is 49.9 Å². The molecule has 5 aromatic rings. The van der Waals surface area contributed by atoms with Crippen LogP contribution in [0.1, 0.15) is 388 Å². The molecule has 0 spiro atoms. The molecule has 0 saturated heterocycles. The molecule has 20 heteroatoms. The highest BCUT2D eigenvalue weighted by atomic mass is 16.6. The van der Waals surface area contributed by atoms with Crippen molar-refractivity contribution in [2.45, 2.75) is 256 Å². The maximum Gasteiger partial charge on any atom is 0.344 e. The van der Waals surface area contributed by atoms with E-state index in [0.29, 0.717) is 49.3 Å². The van der Waals surface area contributed by atoms with Gasteiger partial charge in [0.25, 0.3) is 0 Å². The molecular formula is C110H155N5O15. The highest BCUT2D eigenvalue weighted by Crippen LogP contribution is 2.46. The van der Waals surface area contributed by atoms with Crippen LogP contribution < -0.4 is 0 Å². The Morgan fingerprint density at radius 2 is 0.554 bits per heavy atom. The highest BCUT2D eigenvalue weighted by molar-refractivity contribution is 5.84. The van der Waals surface area contributed by atoms with E-state index in [1.807, 2.05) is 11.8 Å². The third-order valence-electron chi connectivity index (χ3n) is 17.8. The number of carbonyl (C=O) groups is 5. The van der Waals surface area contributed by atoms with Gasteiger partial charge in [0.1, 0.15) is 0 Å². The van der Waals surface area contributed by atoms with Gasteiger partial charge in [-0.25, -0.2) is 24.0 Å². The van der Waals surface area contributed by atoms with E-state index in [9.17, 15) is 49.5 Å². The summed E-state index contributed by atoms with van der Waals surface area (Å²) in [6, 6.07) is -6.28.